The van der Waals surface area contributed by atoms with Gasteiger partial charge in [0.1, 0.15) is 0 Å². The number of aliphatic hydroxyl groups excluding tert-OH is 1. The van der Waals surface area contributed by atoms with Crippen LogP contribution in [0.5, 0.6) is 0 Å². The average Bonchev–Trinajstić information content (AvgIpc) is 2.33. The second kappa shape index (κ2) is 10.4. The van der Waals surface area contributed by atoms with E-state index in [-0.39, 0.29) is 12.4 Å². The smallest absolute Gasteiger partial charge is 0.308 e. The molecule has 0 aliphatic carbocycles. The van der Waals surface area contributed by atoms with Crippen molar-refractivity contribution in [1.29, 1.82) is 0 Å². The van der Waals surface area contributed by atoms with Gasteiger partial charge in [0.05, 0.1) is 19.1 Å². The van der Waals surface area contributed by atoms with E-state index < -0.39 is 6.10 Å². The molecule has 18 heavy (non-hydrogen) atoms. The Hall–Kier alpha value is -0.570. The zero-order valence-corrected chi connectivity index (χ0v) is 11.5. The predicted molar refractivity (Wildman–Crippen MR) is 72.4 cm³/mol. The molecule has 1 aliphatic rings. The van der Waals surface area contributed by atoms with Crippen LogP contribution >= 0.6 is 0 Å². The number of ether oxygens (including phenoxy) is 1. The van der Waals surface area contributed by atoms with Crippen LogP contribution in [0.4, 0.5) is 0 Å². The number of carbonyl (C=O) groups is 1. The molecule has 3 nitrogen and oxygen atoms in total. The first-order chi connectivity index (χ1) is 8.79. The normalized spacial score (nSPS) is 26.5. The van der Waals surface area contributed by atoms with Gasteiger partial charge in [0.15, 0.2) is 0 Å². The third kappa shape index (κ3) is 8.51. The van der Waals surface area contributed by atoms with Gasteiger partial charge in [0, 0.05) is 0 Å². The Labute approximate surface area is 111 Å². The Morgan fingerprint density at radius 3 is 1.94 bits per heavy atom. The van der Waals surface area contributed by atoms with Crippen LogP contribution in [0.25, 0.3) is 0 Å². The fourth-order valence-corrected chi connectivity index (χ4v) is 2.44. The van der Waals surface area contributed by atoms with E-state index in [9.17, 15) is 9.90 Å². The molecule has 0 aromatic carbocycles. The van der Waals surface area contributed by atoms with E-state index in [1.807, 2.05) is 0 Å². The highest BCUT2D eigenvalue weighted by Crippen LogP contribution is 2.13. The molecule has 1 atom stereocenters. The van der Waals surface area contributed by atoms with Gasteiger partial charge in [-0.2, -0.15) is 0 Å². The highest BCUT2D eigenvalue weighted by Gasteiger charge is 2.11. The molecule has 1 heterocycles. The first kappa shape index (κ1) is 15.5. The van der Waals surface area contributed by atoms with Crippen LogP contribution in [0, 0.1) is 0 Å². The van der Waals surface area contributed by atoms with Gasteiger partial charge >= 0.3 is 5.97 Å². The third-order valence-electron chi connectivity index (χ3n) is 3.60. The standard InChI is InChI=1S/C15H28O3/c16-14-11-9-7-5-3-1-2-4-6-8-10-12-18-15(17)13-14/h14,16H,1-13H2. The van der Waals surface area contributed by atoms with Crippen LogP contribution in [0.1, 0.15) is 77.0 Å². The van der Waals surface area contributed by atoms with Gasteiger partial charge in [-0.15, -0.1) is 0 Å². The maximum absolute atomic E-state index is 11.4. The predicted octanol–water partition coefficient (Wildman–Crippen LogP) is 3.59. The Kier molecular flexibility index (Phi) is 8.92. The van der Waals surface area contributed by atoms with E-state index in [1.54, 1.807) is 0 Å². The fraction of sp³-hybridized carbons (Fsp3) is 0.933. The zero-order chi connectivity index (χ0) is 13.1. The summed E-state index contributed by atoms with van der Waals surface area (Å²) in [5, 5.41) is 9.69. The molecular weight excluding hydrogens is 228 g/mol. The number of hydrogen-bond acceptors (Lipinski definition) is 3. The van der Waals surface area contributed by atoms with E-state index in [1.165, 1.54) is 44.9 Å². The number of esters is 1. The number of aliphatic hydroxyl groups is 1. The zero-order valence-electron chi connectivity index (χ0n) is 11.5. The lowest BCUT2D eigenvalue weighted by Gasteiger charge is -2.11. The fourth-order valence-electron chi connectivity index (χ4n) is 2.44. The molecule has 3 heteroatoms. The first-order valence-corrected chi connectivity index (χ1v) is 7.63. The summed E-state index contributed by atoms with van der Waals surface area (Å²) in [6.07, 6.45) is 12.5. The number of cyclic esters (lactones) is 1. The molecule has 0 aromatic rings. The lowest BCUT2D eigenvalue weighted by molar-refractivity contribution is -0.146. The summed E-state index contributed by atoms with van der Waals surface area (Å²) < 4.78 is 5.11. The van der Waals surface area contributed by atoms with Gasteiger partial charge < -0.3 is 9.84 Å². The Morgan fingerprint density at radius 2 is 1.33 bits per heavy atom. The average molecular weight is 256 g/mol. The minimum absolute atomic E-state index is 0.167. The topological polar surface area (TPSA) is 46.5 Å². The summed E-state index contributed by atoms with van der Waals surface area (Å²) in [5.74, 6) is -0.241. The SMILES string of the molecule is O=C1CC(O)CCCCCCCCCCCCO1. The molecule has 0 amide bonds. The van der Waals surface area contributed by atoms with Crippen molar-refractivity contribution in [2.24, 2.45) is 0 Å². The van der Waals surface area contributed by atoms with Gasteiger partial charge in [-0.05, 0) is 12.8 Å². The van der Waals surface area contributed by atoms with Crippen LogP contribution in [-0.2, 0) is 9.53 Å². The van der Waals surface area contributed by atoms with Crippen molar-refractivity contribution in [2.45, 2.75) is 83.2 Å². The van der Waals surface area contributed by atoms with E-state index >= 15 is 0 Å². The third-order valence-corrected chi connectivity index (χ3v) is 3.60. The van der Waals surface area contributed by atoms with Gasteiger partial charge in [-0.3, -0.25) is 4.79 Å². The lowest BCUT2D eigenvalue weighted by atomic mass is 10.0. The molecule has 1 rings (SSSR count). The van der Waals surface area contributed by atoms with Crippen LogP contribution in [0.3, 0.4) is 0 Å². The van der Waals surface area contributed by atoms with Crippen molar-refractivity contribution in [3.8, 4) is 0 Å². The Morgan fingerprint density at radius 1 is 0.833 bits per heavy atom. The van der Waals surface area contributed by atoms with Crippen molar-refractivity contribution < 1.29 is 14.6 Å². The largest absolute Gasteiger partial charge is 0.466 e. The van der Waals surface area contributed by atoms with E-state index in [2.05, 4.69) is 0 Å². The molecule has 1 saturated heterocycles. The highest BCUT2D eigenvalue weighted by atomic mass is 16.5. The van der Waals surface area contributed by atoms with E-state index in [0.29, 0.717) is 6.61 Å². The molecule has 106 valence electrons. The van der Waals surface area contributed by atoms with Crippen LogP contribution in [-0.4, -0.2) is 23.8 Å². The van der Waals surface area contributed by atoms with Crippen LogP contribution in [0.2, 0.25) is 0 Å². The summed E-state index contributed by atoms with van der Waals surface area (Å²) in [6, 6.07) is 0. The second-order valence-electron chi connectivity index (χ2n) is 5.40. The summed E-state index contributed by atoms with van der Waals surface area (Å²) in [4.78, 5) is 11.4. The molecule has 1 N–H and O–H groups in total. The monoisotopic (exact) mass is 256 g/mol. The van der Waals surface area contributed by atoms with Crippen LogP contribution < -0.4 is 0 Å². The van der Waals surface area contributed by atoms with Crippen molar-refractivity contribution >= 4 is 5.97 Å². The Bertz CT molecular complexity index is 216. The Balaban J connectivity index is 2.21. The molecule has 0 saturated carbocycles. The molecule has 1 unspecified atom stereocenters. The minimum Gasteiger partial charge on any atom is -0.466 e. The maximum Gasteiger partial charge on any atom is 0.308 e. The van der Waals surface area contributed by atoms with Gasteiger partial charge in [-0.25, -0.2) is 0 Å². The molecule has 0 bridgehead atoms. The molecular formula is C15H28O3. The van der Waals surface area contributed by atoms with E-state index in [0.717, 1.165) is 25.7 Å². The second-order valence-corrected chi connectivity index (χ2v) is 5.40. The summed E-state index contributed by atoms with van der Waals surface area (Å²) >= 11 is 0. The molecule has 0 radical (unpaired) electrons. The van der Waals surface area contributed by atoms with Gasteiger partial charge in [0.2, 0.25) is 0 Å². The van der Waals surface area contributed by atoms with Gasteiger partial charge in [-0.1, -0.05) is 57.8 Å². The van der Waals surface area contributed by atoms with Gasteiger partial charge in [0.25, 0.3) is 0 Å². The molecule has 0 spiro atoms. The molecule has 0 aromatic heterocycles. The maximum atomic E-state index is 11.4. The van der Waals surface area contributed by atoms with E-state index in [4.69, 9.17) is 4.74 Å². The number of rotatable bonds is 0. The molecule has 1 aliphatic heterocycles. The quantitative estimate of drug-likeness (QED) is 0.674. The number of hydrogen-bond donors (Lipinski definition) is 1. The number of carbonyl (C=O) groups excluding carboxylic acids is 1. The summed E-state index contributed by atoms with van der Waals surface area (Å²) in [7, 11) is 0. The highest BCUT2D eigenvalue weighted by molar-refractivity contribution is 5.69. The minimum atomic E-state index is -0.509. The molecule has 1 fully saturated rings. The first-order valence-electron chi connectivity index (χ1n) is 7.63. The summed E-state index contributed by atoms with van der Waals surface area (Å²) in [6.45, 7) is 0.519. The summed E-state index contributed by atoms with van der Waals surface area (Å²) in [5.41, 5.74) is 0. The van der Waals surface area contributed by atoms with Crippen molar-refractivity contribution in [1.82, 2.24) is 0 Å². The van der Waals surface area contributed by atoms with Crippen LogP contribution in [0.15, 0.2) is 0 Å². The lowest BCUT2D eigenvalue weighted by Crippen LogP contribution is -2.16. The van der Waals surface area contributed by atoms with Crippen molar-refractivity contribution in [3.63, 3.8) is 0 Å². The van der Waals surface area contributed by atoms with Crippen molar-refractivity contribution in [2.75, 3.05) is 6.61 Å². The van der Waals surface area contributed by atoms with Crippen molar-refractivity contribution in [3.05, 3.63) is 0 Å².